The predicted octanol–water partition coefficient (Wildman–Crippen LogP) is 8.86. The largest absolute Gasteiger partial charge is 0.0843 e. The van der Waals surface area contributed by atoms with Crippen LogP contribution in [-0.4, -0.2) is 0 Å². The molecule has 2 aromatic carbocycles. The van der Waals surface area contributed by atoms with E-state index in [1.165, 1.54) is 33.4 Å². The molecule has 2 aliphatic carbocycles. The molecule has 134 valence electrons. The standard InChI is InChI=1S/C22H18Br2Cl2/c1-10-4-15-17(6-13(25)8-19(15)23)21(10)12(3)22-11(2)5-16-18(22)7-14(26)9-20(16)24/h4-9,12,21-22H,1-3H3. The van der Waals surface area contributed by atoms with Crippen molar-refractivity contribution in [3.05, 3.63) is 76.7 Å². The molecule has 4 heteroatoms. The molecule has 0 amide bonds. The molecule has 4 rings (SSSR count). The number of halogens is 4. The Kier molecular flexibility index (Phi) is 4.93. The van der Waals surface area contributed by atoms with Crippen molar-refractivity contribution >= 4 is 67.2 Å². The zero-order valence-corrected chi connectivity index (χ0v) is 19.4. The average Bonchev–Trinajstić information content (AvgIpc) is 3.04. The summed E-state index contributed by atoms with van der Waals surface area (Å²) in [5.41, 5.74) is 7.93. The van der Waals surface area contributed by atoms with Crippen LogP contribution in [0.25, 0.3) is 12.2 Å². The fourth-order valence-electron chi connectivity index (χ4n) is 4.74. The van der Waals surface area contributed by atoms with E-state index < -0.39 is 0 Å². The van der Waals surface area contributed by atoms with E-state index in [2.05, 4.69) is 76.9 Å². The molecule has 2 unspecified atom stereocenters. The number of hydrogen-bond acceptors (Lipinski definition) is 0. The van der Waals surface area contributed by atoms with E-state index in [0.717, 1.165) is 19.0 Å². The Hall–Kier alpha value is -0.540. The zero-order valence-electron chi connectivity index (χ0n) is 14.7. The smallest absolute Gasteiger partial charge is 0.0420 e. The number of benzene rings is 2. The van der Waals surface area contributed by atoms with Crippen LogP contribution in [-0.2, 0) is 0 Å². The molecule has 0 nitrogen and oxygen atoms in total. The van der Waals surface area contributed by atoms with Crippen LogP contribution in [0.1, 0.15) is 54.9 Å². The third kappa shape index (κ3) is 2.94. The normalized spacial score (nSPS) is 22.0. The van der Waals surface area contributed by atoms with Gasteiger partial charge in [-0.25, -0.2) is 0 Å². The lowest BCUT2D eigenvalue weighted by Crippen LogP contribution is -2.18. The Balaban J connectivity index is 1.81. The van der Waals surface area contributed by atoms with Crippen molar-refractivity contribution in [2.75, 3.05) is 0 Å². The summed E-state index contributed by atoms with van der Waals surface area (Å²) < 4.78 is 2.14. The first-order chi connectivity index (χ1) is 12.3. The summed E-state index contributed by atoms with van der Waals surface area (Å²) in [5, 5.41) is 1.56. The van der Waals surface area contributed by atoms with Crippen LogP contribution in [0.2, 0.25) is 10.0 Å². The maximum Gasteiger partial charge on any atom is 0.0420 e. The minimum Gasteiger partial charge on any atom is -0.0843 e. The topological polar surface area (TPSA) is 0 Å². The number of allylic oxidation sites excluding steroid dienone is 2. The fourth-order valence-corrected chi connectivity index (χ4v) is 6.64. The maximum atomic E-state index is 6.37. The van der Waals surface area contributed by atoms with Crippen molar-refractivity contribution < 1.29 is 0 Å². The van der Waals surface area contributed by atoms with E-state index in [4.69, 9.17) is 23.2 Å². The molecule has 0 saturated heterocycles. The number of rotatable bonds is 2. The second-order valence-electron chi connectivity index (χ2n) is 7.37. The maximum absolute atomic E-state index is 6.37. The summed E-state index contributed by atoms with van der Waals surface area (Å²) in [4.78, 5) is 0. The molecular weight excluding hydrogens is 495 g/mol. The highest BCUT2D eigenvalue weighted by atomic mass is 79.9. The monoisotopic (exact) mass is 510 g/mol. The summed E-state index contributed by atoms with van der Waals surface area (Å²) in [5.74, 6) is 1.09. The SMILES string of the molecule is CC1=Cc2c(Br)cc(Cl)cc2C1C(C)C1C(C)=Cc2c(Br)cc(Cl)cc21. The van der Waals surface area contributed by atoms with Crippen molar-refractivity contribution in [1.29, 1.82) is 0 Å². The minimum atomic E-state index is 0.344. The molecule has 0 heterocycles. The molecule has 0 spiro atoms. The Bertz CT molecular complexity index is 909. The summed E-state index contributed by atoms with van der Waals surface area (Å²) >= 11 is 20.1. The minimum absolute atomic E-state index is 0.344. The van der Waals surface area contributed by atoms with Gasteiger partial charge in [0, 0.05) is 30.8 Å². The first-order valence-corrected chi connectivity index (χ1v) is 11.0. The van der Waals surface area contributed by atoms with Gasteiger partial charge in [0.2, 0.25) is 0 Å². The molecule has 0 saturated carbocycles. The number of hydrogen-bond donors (Lipinski definition) is 0. The van der Waals surface area contributed by atoms with Crippen LogP contribution in [0.5, 0.6) is 0 Å². The van der Waals surface area contributed by atoms with E-state index in [1.54, 1.807) is 0 Å². The van der Waals surface area contributed by atoms with Crippen LogP contribution in [0.3, 0.4) is 0 Å². The molecule has 0 bridgehead atoms. The summed E-state index contributed by atoms with van der Waals surface area (Å²) in [6.07, 6.45) is 4.58. The van der Waals surface area contributed by atoms with Gasteiger partial charge in [-0.3, -0.25) is 0 Å². The highest BCUT2D eigenvalue weighted by molar-refractivity contribution is 9.10. The Morgan fingerprint density at radius 1 is 0.769 bits per heavy atom. The highest BCUT2D eigenvalue weighted by Crippen LogP contribution is 2.53. The van der Waals surface area contributed by atoms with E-state index in [0.29, 0.717) is 17.8 Å². The van der Waals surface area contributed by atoms with Crippen LogP contribution in [0.4, 0.5) is 0 Å². The Morgan fingerprint density at radius 2 is 1.15 bits per heavy atom. The van der Waals surface area contributed by atoms with E-state index in [-0.39, 0.29) is 0 Å². The van der Waals surface area contributed by atoms with Gasteiger partial charge >= 0.3 is 0 Å². The second-order valence-corrected chi connectivity index (χ2v) is 9.95. The third-order valence-electron chi connectivity index (χ3n) is 5.70. The van der Waals surface area contributed by atoms with Gasteiger partial charge in [-0.05, 0) is 66.3 Å². The van der Waals surface area contributed by atoms with Gasteiger partial charge in [-0.15, -0.1) is 0 Å². The number of fused-ring (bicyclic) bond motifs is 2. The lowest BCUT2D eigenvalue weighted by Gasteiger charge is -2.30. The van der Waals surface area contributed by atoms with Crippen molar-refractivity contribution in [1.82, 2.24) is 0 Å². The van der Waals surface area contributed by atoms with E-state index in [1.807, 2.05) is 12.1 Å². The fraction of sp³-hybridized carbons (Fsp3) is 0.273. The van der Waals surface area contributed by atoms with Gasteiger partial charge in [0.05, 0.1) is 0 Å². The zero-order chi connectivity index (χ0) is 18.7. The van der Waals surface area contributed by atoms with Crippen LogP contribution in [0, 0.1) is 5.92 Å². The molecule has 2 atom stereocenters. The highest BCUT2D eigenvalue weighted by Gasteiger charge is 2.37. The lowest BCUT2D eigenvalue weighted by atomic mass is 9.73. The van der Waals surface area contributed by atoms with Gasteiger partial charge in [0.25, 0.3) is 0 Å². The molecule has 0 aliphatic heterocycles. The van der Waals surface area contributed by atoms with E-state index in [9.17, 15) is 0 Å². The molecular formula is C22H18Br2Cl2. The van der Waals surface area contributed by atoms with Gasteiger partial charge in [0.15, 0.2) is 0 Å². The molecule has 0 N–H and O–H groups in total. The average molecular weight is 513 g/mol. The van der Waals surface area contributed by atoms with Gasteiger partial charge in [0.1, 0.15) is 0 Å². The second kappa shape index (κ2) is 6.81. The van der Waals surface area contributed by atoms with Gasteiger partial charge < -0.3 is 0 Å². The first-order valence-electron chi connectivity index (χ1n) is 8.62. The molecule has 0 radical (unpaired) electrons. The van der Waals surface area contributed by atoms with Crippen LogP contribution in [0.15, 0.2) is 44.4 Å². The molecule has 2 aromatic rings. The first kappa shape index (κ1) is 18.8. The van der Waals surface area contributed by atoms with Crippen molar-refractivity contribution in [2.45, 2.75) is 32.6 Å². The van der Waals surface area contributed by atoms with Crippen LogP contribution >= 0.6 is 55.1 Å². The van der Waals surface area contributed by atoms with Gasteiger partial charge in [-0.1, -0.05) is 85.3 Å². The third-order valence-corrected chi connectivity index (χ3v) is 7.45. The van der Waals surface area contributed by atoms with Crippen molar-refractivity contribution in [2.24, 2.45) is 5.92 Å². The summed E-state index contributed by atoms with van der Waals surface area (Å²) in [6, 6.07) is 8.20. The summed E-state index contributed by atoms with van der Waals surface area (Å²) in [7, 11) is 0. The Morgan fingerprint density at radius 3 is 1.54 bits per heavy atom. The van der Waals surface area contributed by atoms with E-state index >= 15 is 0 Å². The van der Waals surface area contributed by atoms with Crippen molar-refractivity contribution in [3.8, 4) is 0 Å². The predicted molar refractivity (Wildman–Crippen MR) is 120 cm³/mol. The van der Waals surface area contributed by atoms with Crippen molar-refractivity contribution in [3.63, 3.8) is 0 Å². The lowest BCUT2D eigenvalue weighted by molar-refractivity contribution is 0.455. The quantitative estimate of drug-likeness (QED) is 0.377. The molecule has 26 heavy (non-hydrogen) atoms. The molecule has 0 fully saturated rings. The van der Waals surface area contributed by atoms with Crippen LogP contribution < -0.4 is 0 Å². The van der Waals surface area contributed by atoms with Gasteiger partial charge in [-0.2, -0.15) is 0 Å². The summed E-state index contributed by atoms with van der Waals surface area (Å²) in [6.45, 7) is 6.80. The Labute approximate surface area is 181 Å². The molecule has 0 aromatic heterocycles. The molecule has 2 aliphatic rings.